The van der Waals surface area contributed by atoms with E-state index in [1.807, 2.05) is 32.1 Å². The zero-order chi connectivity index (χ0) is 18.2. The molecule has 3 rings (SSSR count). The van der Waals surface area contributed by atoms with Gasteiger partial charge in [0.15, 0.2) is 0 Å². The molecule has 0 bridgehead atoms. The molecular formula is C18H26N4O3. The van der Waals surface area contributed by atoms with E-state index in [1.165, 1.54) is 0 Å². The Kier molecular flexibility index (Phi) is 4.69. The Morgan fingerprint density at radius 1 is 1.28 bits per heavy atom. The highest BCUT2D eigenvalue weighted by atomic mass is 16.4. The van der Waals surface area contributed by atoms with Gasteiger partial charge in [-0.05, 0) is 45.0 Å². The van der Waals surface area contributed by atoms with Crippen LogP contribution in [0, 0.1) is 5.41 Å². The highest BCUT2D eigenvalue weighted by Gasteiger charge is 2.52. The van der Waals surface area contributed by atoms with Crippen molar-refractivity contribution in [2.24, 2.45) is 5.41 Å². The number of nitrogens with zero attached hydrogens (tertiary/aromatic N) is 4. The Hall–Kier alpha value is -2.15. The van der Waals surface area contributed by atoms with Crippen LogP contribution in [-0.2, 0) is 4.79 Å². The summed E-state index contributed by atoms with van der Waals surface area (Å²) in [6.07, 6.45) is 3.69. The van der Waals surface area contributed by atoms with Crippen molar-refractivity contribution in [2.75, 3.05) is 45.7 Å². The minimum Gasteiger partial charge on any atom is -0.481 e. The molecule has 2 saturated heterocycles. The Balaban J connectivity index is 1.78. The van der Waals surface area contributed by atoms with Crippen molar-refractivity contribution in [3.63, 3.8) is 0 Å². The van der Waals surface area contributed by atoms with Crippen LogP contribution < -0.4 is 4.90 Å². The molecule has 1 amide bonds. The molecule has 0 aliphatic carbocycles. The third-order valence-electron chi connectivity index (χ3n) is 5.69. The van der Waals surface area contributed by atoms with E-state index in [9.17, 15) is 14.7 Å². The summed E-state index contributed by atoms with van der Waals surface area (Å²) in [6, 6.07) is 3.48. The zero-order valence-corrected chi connectivity index (χ0v) is 15.1. The predicted octanol–water partition coefficient (Wildman–Crippen LogP) is 1.16. The summed E-state index contributed by atoms with van der Waals surface area (Å²) in [5.41, 5.74) is -0.177. The highest BCUT2D eigenvalue weighted by molar-refractivity contribution is 5.94. The van der Waals surface area contributed by atoms with Crippen molar-refractivity contribution in [3.8, 4) is 0 Å². The molecule has 0 aromatic carbocycles. The minimum absolute atomic E-state index is 0.0734. The van der Waals surface area contributed by atoms with Gasteiger partial charge in [0.2, 0.25) is 0 Å². The lowest BCUT2D eigenvalue weighted by Crippen LogP contribution is -2.63. The largest absolute Gasteiger partial charge is 0.481 e. The number of hydrogen-bond donors (Lipinski definition) is 1. The molecule has 25 heavy (non-hydrogen) atoms. The molecule has 0 saturated carbocycles. The fourth-order valence-electron chi connectivity index (χ4n) is 4.13. The van der Waals surface area contributed by atoms with Crippen LogP contribution in [0.2, 0.25) is 0 Å². The maximum Gasteiger partial charge on any atom is 0.311 e. The van der Waals surface area contributed by atoms with Gasteiger partial charge in [-0.25, -0.2) is 4.98 Å². The van der Waals surface area contributed by atoms with Crippen molar-refractivity contribution in [1.82, 2.24) is 14.8 Å². The number of carboxylic acids is 1. The Bertz CT molecular complexity index is 661. The first-order valence-electron chi connectivity index (χ1n) is 8.71. The number of anilines is 1. The van der Waals surface area contributed by atoms with Crippen LogP contribution in [0.3, 0.4) is 0 Å². The van der Waals surface area contributed by atoms with Crippen LogP contribution >= 0.6 is 0 Å². The average molecular weight is 346 g/mol. The number of aromatic nitrogens is 1. The molecule has 7 nitrogen and oxygen atoms in total. The Labute approximate surface area is 148 Å². The smallest absolute Gasteiger partial charge is 0.311 e. The summed E-state index contributed by atoms with van der Waals surface area (Å²) < 4.78 is 0. The minimum atomic E-state index is -0.729. The van der Waals surface area contributed by atoms with E-state index in [2.05, 4.69) is 9.88 Å². The number of amides is 1. The monoisotopic (exact) mass is 346 g/mol. The number of likely N-dealkylation sites (tertiary alicyclic amines) is 2. The maximum absolute atomic E-state index is 12.8. The van der Waals surface area contributed by atoms with Crippen LogP contribution in [0.25, 0.3) is 0 Å². The van der Waals surface area contributed by atoms with Gasteiger partial charge in [-0.15, -0.1) is 0 Å². The van der Waals surface area contributed by atoms with Gasteiger partial charge in [0, 0.05) is 39.4 Å². The lowest BCUT2D eigenvalue weighted by Gasteiger charge is -2.51. The summed E-state index contributed by atoms with van der Waals surface area (Å²) in [5, 5.41) is 9.82. The van der Waals surface area contributed by atoms with Gasteiger partial charge in [-0.3, -0.25) is 9.59 Å². The first-order valence-corrected chi connectivity index (χ1v) is 8.71. The number of pyridine rings is 1. The summed E-state index contributed by atoms with van der Waals surface area (Å²) in [6.45, 7) is 1.81. The summed E-state index contributed by atoms with van der Waals surface area (Å²) >= 11 is 0. The fourth-order valence-corrected chi connectivity index (χ4v) is 4.13. The predicted molar refractivity (Wildman–Crippen MR) is 94.8 cm³/mol. The van der Waals surface area contributed by atoms with Gasteiger partial charge < -0.3 is 19.8 Å². The number of hydrogen-bond acceptors (Lipinski definition) is 5. The first-order chi connectivity index (χ1) is 11.8. The standard InChI is InChI=1S/C18H26N4O3/c1-20(2)15-6-5-13(11-19-15)16(23)22-10-8-18(17(24)25)7-4-9-21(3)14(18)12-22/h5-6,11,14H,4,7-10,12H2,1-3H3,(H,24,25)/t14-,18+/m1/s1. The molecule has 7 heteroatoms. The Morgan fingerprint density at radius 3 is 2.64 bits per heavy atom. The molecule has 1 aromatic rings. The van der Waals surface area contributed by atoms with Crippen molar-refractivity contribution < 1.29 is 14.7 Å². The number of carbonyl (C=O) groups is 2. The van der Waals surface area contributed by atoms with Gasteiger partial charge in [-0.1, -0.05) is 0 Å². The second-order valence-electron chi connectivity index (χ2n) is 7.36. The molecule has 0 unspecified atom stereocenters. The number of rotatable bonds is 3. The molecule has 2 aliphatic rings. The molecule has 1 N–H and O–H groups in total. The topological polar surface area (TPSA) is 77.0 Å². The van der Waals surface area contributed by atoms with Crippen LogP contribution in [0.5, 0.6) is 0 Å². The van der Waals surface area contributed by atoms with Gasteiger partial charge in [0.1, 0.15) is 5.82 Å². The van der Waals surface area contributed by atoms with Crippen LogP contribution in [0.1, 0.15) is 29.6 Å². The molecular weight excluding hydrogens is 320 g/mol. The van der Waals surface area contributed by atoms with E-state index in [4.69, 9.17) is 0 Å². The SMILES string of the molecule is CN(C)c1ccc(C(=O)N2CC[C@@]3(C(=O)O)CCCN(C)[C@@H]3C2)cn1. The number of carbonyl (C=O) groups excluding carboxylic acids is 1. The molecule has 2 atom stereocenters. The average Bonchev–Trinajstić information content (AvgIpc) is 2.61. The summed E-state index contributed by atoms with van der Waals surface area (Å²) in [5.74, 6) is -0.00368. The second-order valence-corrected chi connectivity index (χ2v) is 7.36. The van der Waals surface area contributed by atoms with Crippen LogP contribution in [0.4, 0.5) is 5.82 Å². The zero-order valence-electron chi connectivity index (χ0n) is 15.1. The number of piperidine rings is 2. The second kappa shape index (κ2) is 6.63. The van der Waals surface area contributed by atoms with Gasteiger partial charge in [0.05, 0.1) is 11.0 Å². The fraction of sp³-hybridized carbons (Fsp3) is 0.611. The van der Waals surface area contributed by atoms with Crippen LogP contribution in [-0.4, -0.2) is 78.6 Å². The van der Waals surface area contributed by atoms with E-state index in [1.54, 1.807) is 17.2 Å². The number of likely N-dealkylation sites (N-methyl/N-ethyl adjacent to an activating group) is 1. The van der Waals surface area contributed by atoms with E-state index in [0.29, 0.717) is 31.5 Å². The number of fused-ring (bicyclic) bond motifs is 1. The van der Waals surface area contributed by atoms with E-state index < -0.39 is 11.4 Å². The quantitative estimate of drug-likeness (QED) is 0.885. The Morgan fingerprint density at radius 2 is 2.04 bits per heavy atom. The van der Waals surface area contributed by atoms with E-state index in [0.717, 1.165) is 18.8 Å². The molecule has 1 aromatic heterocycles. The maximum atomic E-state index is 12.8. The van der Waals surface area contributed by atoms with Crippen LogP contribution in [0.15, 0.2) is 18.3 Å². The molecule has 2 fully saturated rings. The highest BCUT2D eigenvalue weighted by Crippen LogP contribution is 2.42. The third kappa shape index (κ3) is 3.08. The summed E-state index contributed by atoms with van der Waals surface area (Å²) in [7, 11) is 5.76. The summed E-state index contributed by atoms with van der Waals surface area (Å²) in [4.78, 5) is 34.9. The molecule has 0 radical (unpaired) electrons. The molecule has 0 spiro atoms. The molecule has 2 aliphatic heterocycles. The van der Waals surface area contributed by atoms with Crippen molar-refractivity contribution in [1.29, 1.82) is 0 Å². The van der Waals surface area contributed by atoms with Crippen molar-refractivity contribution >= 4 is 17.7 Å². The lowest BCUT2D eigenvalue weighted by atomic mass is 9.68. The first kappa shape index (κ1) is 17.7. The van der Waals surface area contributed by atoms with Crippen molar-refractivity contribution in [2.45, 2.75) is 25.3 Å². The van der Waals surface area contributed by atoms with Crippen molar-refractivity contribution in [3.05, 3.63) is 23.9 Å². The number of aliphatic carboxylic acids is 1. The van der Waals surface area contributed by atoms with Gasteiger partial charge >= 0.3 is 5.97 Å². The third-order valence-corrected chi connectivity index (χ3v) is 5.69. The number of carboxylic acid groups (broad SMARTS) is 1. The van der Waals surface area contributed by atoms with E-state index >= 15 is 0 Å². The van der Waals surface area contributed by atoms with E-state index in [-0.39, 0.29) is 11.9 Å². The van der Waals surface area contributed by atoms with Gasteiger partial charge in [-0.2, -0.15) is 0 Å². The molecule has 3 heterocycles. The lowest BCUT2D eigenvalue weighted by molar-refractivity contribution is -0.161. The molecule has 136 valence electrons. The van der Waals surface area contributed by atoms with Gasteiger partial charge in [0.25, 0.3) is 5.91 Å². The normalized spacial score (nSPS) is 26.8.